The first-order chi connectivity index (χ1) is 24.5. The van der Waals surface area contributed by atoms with Gasteiger partial charge in [-0.1, -0.05) is 55.3 Å². The van der Waals surface area contributed by atoms with Gasteiger partial charge in [-0.25, -0.2) is 14.4 Å². The third-order valence-electron chi connectivity index (χ3n) is 6.91. The van der Waals surface area contributed by atoms with Gasteiger partial charge in [0.2, 0.25) is 0 Å². The van der Waals surface area contributed by atoms with Crippen LogP contribution in [0.4, 0.5) is 4.39 Å². The maximum atomic E-state index is 13.3. The van der Waals surface area contributed by atoms with Gasteiger partial charge in [0.1, 0.15) is 17.2 Å². The number of benzene rings is 4. The average molecular weight is 677 g/mol. The van der Waals surface area contributed by atoms with Crippen molar-refractivity contribution >= 4 is 17.9 Å². The van der Waals surface area contributed by atoms with E-state index in [2.05, 4.69) is 55.3 Å². The largest absolute Gasteiger partial charge is 0.423 e. The molecule has 0 aliphatic carbocycles. The van der Waals surface area contributed by atoms with Crippen molar-refractivity contribution in [1.29, 1.82) is 0 Å². The molecule has 0 saturated heterocycles. The summed E-state index contributed by atoms with van der Waals surface area (Å²) in [5.74, 6) is 17.8. The van der Waals surface area contributed by atoms with Crippen LogP contribution in [-0.2, 0) is 20.8 Å². The molecule has 0 atom stereocenters. The number of ether oxygens (including phenoxy) is 3. The minimum Gasteiger partial charge on any atom is -0.423 e. The molecule has 0 spiro atoms. The van der Waals surface area contributed by atoms with Gasteiger partial charge < -0.3 is 14.2 Å². The van der Waals surface area contributed by atoms with Crippen molar-refractivity contribution in [1.82, 2.24) is 0 Å². The SMILES string of the molecule is C=CC(=O)Oc1ccc(C#Cc2cc(OC(=O)C(=C)C)c(C#Cc3ccc(C#Cc4ccc(OC(=O)C(=C)C)cc4)cc3)cc2CCCF)cc1. The molecule has 0 heterocycles. The highest BCUT2D eigenvalue weighted by molar-refractivity contribution is 5.89. The van der Waals surface area contributed by atoms with Gasteiger partial charge in [0, 0.05) is 45.0 Å². The minimum absolute atomic E-state index is 0.193. The second kappa shape index (κ2) is 18.0. The quantitative estimate of drug-likeness (QED) is 0.0778. The zero-order valence-corrected chi connectivity index (χ0v) is 28.2. The Bertz CT molecular complexity index is 2170. The van der Waals surface area contributed by atoms with Gasteiger partial charge in [-0.2, -0.15) is 0 Å². The zero-order valence-electron chi connectivity index (χ0n) is 28.2. The lowest BCUT2D eigenvalue weighted by molar-refractivity contribution is -0.130. The number of hydrogen-bond donors (Lipinski definition) is 0. The van der Waals surface area contributed by atoms with Crippen molar-refractivity contribution in [2.45, 2.75) is 26.7 Å². The molecule has 0 amide bonds. The van der Waals surface area contributed by atoms with Gasteiger partial charge in [0.05, 0.1) is 12.2 Å². The molecule has 0 saturated carbocycles. The summed E-state index contributed by atoms with van der Waals surface area (Å²) in [7, 11) is 0. The predicted molar refractivity (Wildman–Crippen MR) is 195 cm³/mol. The van der Waals surface area contributed by atoms with E-state index in [0.717, 1.165) is 22.8 Å². The van der Waals surface area contributed by atoms with Crippen LogP contribution in [0, 0.1) is 35.5 Å². The smallest absolute Gasteiger partial charge is 0.338 e. The summed E-state index contributed by atoms with van der Waals surface area (Å²) >= 11 is 0. The zero-order chi connectivity index (χ0) is 36.8. The van der Waals surface area contributed by atoms with E-state index in [-0.39, 0.29) is 17.7 Å². The Hall–Kier alpha value is -6.88. The molecular formula is C44H33FO6. The van der Waals surface area contributed by atoms with Crippen LogP contribution in [0.15, 0.2) is 122 Å². The second-order valence-corrected chi connectivity index (χ2v) is 11.1. The highest BCUT2D eigenvalue weighted by atomic mass is 19.1. The molecule has 0 radical (unpaired) electrons. The third kappa shape index (κ3) is 11.4. The Balaban J connectivity index is 1.60. The van der Waals surface area contributed by atoms with Crippen LogP contribution in [0.2, 0.25) is 0 Å². The first-order valence-electron chi connectivity index (χ1n) is 15.7. The number of hydrogen-bond acceptors (Lipinski definition) is 6. The van der Waals surface area contributed by atoms with E-state index in [1.165, 1.54) is 0 Å². The van der Waals surface area contributed by atoms with Crippen molar-refractivity contribution in [2.24, 2.45) is 0 Å². The monoisotopic (exact) mass is 676 g/mol. The van der Waals surface area contributed by atoms with Gasteiger partial charge in [0.25, 0.3) is 0 Å². The summed E-state index contributed by atoms with van der Waals surface area (Å²) in [6, 6.07) is 24.2. The van der Waals surface area contributed by atoms with Gasteiger partial charge >= 0.3 is 17.9 Å². The highest BCUT2D eigenvalue weighted by Gasteiger charge is 2.14. The van der Waals surface area contributed by atoms with E-state index in [0.29, 0.717) is 45.7 Å². The number of halogens is 1. The molecule has 0 aromatic heterocycles. The van der Waals surface area contributed by atoms with Gasteiger partial charge in [-0.15, -0.1) is 0 Å². The van der Waals surface area contributed by atoms with E-state index in [4.69, 9.17) is 14.2 Å². The molecule has 7 heteroatoms. The summed E-state index contributed by atoms with van der Waals surface area (Å²) in [4.78, 5) is 35.7. The molecule has 0 bridgehead atoms. The van der Waals surface area contributed by atoms with Crippen LogP contribution >= 0.6 is 0 Å². The normalized spacial score (nSPS) is 9.71. The van der Waals surface area contributed by atoms with Crippen LogP contribution in [0.1, 0.15) is 59.2 Å². The fraction of sp³-hybridized carbons (Fsp3) is 0.114. The lowest BCUT2D eigenvalue weighted by Gasteiger charge is -2.11. The Morgan fingerprint density at radius 3 is 1.53 bits per heavy atom. The summed E-state index contributed by atoms with van der Waals surface area (Å²) in [6.45, 7) is 13.2. The van der Waals surface area contributed by atoms with Gasteiger partial charge in [-0.05, 0) is 117 Å². The summed E-state index contributed by atoms with van der Waals surface area (Å²) in [6.07, 6.45) is 1.73. The molecule has 51 heavy (non-hydrogen) atoms. The van der Waals surface area contributed by atoms with Crippen molar-refractivity contribution in [3.8, 4) is 52.8 Å². The Morgan fingerprint density at radius 1 is 0.627 bits per heavy atom. The number of esters is 3. The number of rotatable bonds is 9. The van der Waals surface area contributed by atoms with E-state index in [1.807, 2.05) is 24.3 Å². The number of alkyl halides is 1. The topological polar surface area (TPSA) is 78.9 Å². The number of carbonyl (C=O) groups excluding carboxylic acids is 3. The van der Waals surface area contributed by atoms with Crippen LogP contribution in [0.3, 0.4) is 0 Å². The first-order valence-corrected chi connectivity index (χ1v) is 15.7. The maximum Gasteiger partial charge on any atom is 0.338 e. The standard InChI is InChI=1S/C44H33FO6/c1-6-42(46)49-39-23-17-35(18-24-39)15-21-37-29-41(51-44(48)31(4)5)38(28-36(37)8-7-27-45)22-16-33-12-9-32(10-13-33)11-14-34-19-25-40(26-20-34)50-43(47)30(2)3/h6,9-10,12-13,17-20,23-26,28-29H,1-2,4,7-8,27H2,3,5H3. The third-order valence-corrected chi connectivity index (χ3v) is 6.91. The van der Waals surface area contributed by atoms with Gasteiger partial charge in [-0.3, -0.25) is 4.39 Å². The summed E-state index contributed by atoms with van der Waals surface area (Å²) in [5.41, 5.74) is 5.07. The molecular weight excluding hydrogens is 643 g/mol. The lowest BCUT2D eigenvalue weighted by Crippen LogP contribution is -2.10. The van der Waals surface area contributed by atoms with Crippen molar-refractivity contribution in [3.63, 3.8) is 0 Å². The van der Waals surface area contributed by atoms with E-state index < -0.39 is 24.6 Å². The molecule has 0 aliphatic rings. The van der Waals surface area contributed by atoms with Crippen LogP contribution in [0.25, 0.3) is 0 Å². The van der Waals surface area contributed by atoms with Crippen molar-refractivity contribution in [3.05, 3.63) is 161 Å². The Morgan fingerprint density at radius 2 is 1.06 bits per heavy atom. The molecule has 0 aliphatic heterocycles. The Kier molecular flexibility index (Phi) is 13.1. The average Bonchev–Trinajstić information content (AvgIpc) is 3.13. The first kappa shape index (κ1) is 36.9. The van der Waals surface area contributed by atoms with E-state index in [1.54, 1.807) is 74.5 Å². The maximum absolute atomic E-state index is 13.3. The minimum atomic E-state index is -0.622. The number of aryl methyl sites for hydroxylation is 1. The fourth-order valence-corrected chi connectivity index (χ4v) is 4.20. The van der Waals surface area contributed by atoms with Gasteiger partial charge in [0.15, 0.2) is 0 Å². The van der Waals surface area contributed by atoms with Crippen molar-refractivity contribution in [2.75, 3.05) is 6.67 Å². The molecule has 0 N–H and O–H groups in total. The van der Waals surface area contributed by atoms with Crippen LogP contribution in [0.5, 0.6) is 17.2 Å². The molecule has 0 fully saturated rings. The second-order valence-electron chi connectivity index (χ2n) is 11.1. The van der Waals surface area contributed by atoms with Crippen molar-refractivity contribution < 1.29 is 33.0 Å². The molecule has 4 aromatic rings. The molecule has 4 aromatic carbocycles. The van der Waals surface area contributed by atoms with E-state index >= 15 is 0 Å². The highest BCUT2D eigenvalue weighted by Crippen LogP contribution is 2.26. The fourth-order valence-electron chi connectivity index (χ4n) is 4.20. The Labute approximate surface area is 297 Å². The molecule has 252 valence electrons. The van der Waals surface area contributed by atoms with Crippen LogP contribution < -0.4 is 14.2 Å². The van der Waals surface area contributed by atoms with E-state index in [9.17, 15) is 18.8 Å². The molecule has 4 rings (SSSR count). The van der Waals surface area contributed by atoms with Crippen LogP contribution in [-0.4, -0.2) is 24.6 Å². The summed E-state index contributed by atoms with van der Waals surface area (Å²) < 4.78 is 29.2. The molecule has 6 nitrogen and oxygen atoms in total. The lowest BCUT2D eigenvalue weighted by atomic mass is 9.98. The number of carbonyl (C=O) groups is 3. The summed E-state index contributed by atoms with van der Waals surface area (Å²) in [5, 5.41) is 0. The predicted octanol–water partition coefficient (Wildman–Crippen LogP) is 7.84. The molecule has 0 unspecified atom stereocenters.